The summed E-state index contributed by atoms with van der Waals surface area (Å²) in [6, 6.07) is 10.5. The Bertz CT molecular complexity index is 952. The van der Waals surface area contributed by atoms with E-state index in [9.17, 15) is 18.4 Å². The normalized spacial score (nSPS) is 19.4. The zero-order chi connectivity index (χ0) is 19.8. The molecule has 2 aromatic rings. The van der Waals surface area contributed by atoms with Crippen molar-refractivity contribution in [3.63, 3.8) is 0 Å². The largest absolute Gasteiger partial charge is 0.435 e. The van der Waals surface area contributed by atoms with E-state index < -0.39 is 18.2 Å². The highest BCUT2D eigenvalue weighted by Crippen LogP contribution is 2.49. The van der Waals surface area contributed by atoms with Gasteiger partial charge in [0.15, 0.2) is 0 Å². The van der Waals surface area contributed by atoms with Crippen LogP contribution in [0.15, 0.2) is 41.6 Å². The van der Waals surface area contributed by atoms with Crippen molar-refractivity contribution in [1.29, 1.82) is 5.26 Å². The van der Waals surface area contributed by atoms with Crippen molar-refractivity contribution in [3.05, 3.63) is 68.7 Å². The molecule has 0 N–H and O–H groups in total. The quantitative estimate of drug-likeness (QED) is 0.484. The zero-order valence-corrected chi connectivity index (χ0v) is 16.5. The van der Waals surface area contributed by atoms with E-state index in [-0.39, 0.29) is 21.3 Å². The Hall–Kier alpha value is -1.75. The third kappa shape index (κ3) is 3.66. The van der Waals surface area contributed by atoms with Crippen LogP contribution in [0.4, 0.5) is 13.2 Å². The van der Waals surface area contributed by atoms with Gasteiger partial charge in [0.1, 0.15) is 0 Å². The first kappa shape index (κ1) is 20.0. The van der Waals surface area contributed by atoms with Gasteiger partial charge < -0.3 is 4.84 Å². The molecule has 2 aromatic carbocycles. The summed E-state index contributed by atoms with van der Waals surface area (Å²) >= 11 is 15.0. The molecule has 0 bridgehead atoms. The molecule has 0 aliphatic carbocycles. The summed E-state index contributed by atoms with van der Waals surface area (Å²) in [5, 5.41) is 13.5. The number of nitriles is 1. The Morgan fingerprint density at radius 1 is 1.19 bits per heavy atom. The van der Waals surface area contributed by atoms with E-state index in [0.29, 0.717) is 16.5 Å². The monoisotopic (exact) mass is 476 g/mol. The molecular weight excluding hydrogens is 468 g/mol. The maximum Gasteiger partial charge on any atom is 0.435 e. The van der Waals surface area contributed by atoms with Crippen molar-refractivity contribution < 1.29 is 18.0 Å². The van der Waals surface area contributed by atoms with Crippen LogP contribution in [0.2, 0.25) is 10.0 Å². The summed E-state index contributed by atoms with van der Waals surface area (Å²) in [5.74, 6) is 0. The molecule has 0 aromatic heterocycles. The molecule has 9 heteroatoms. The van der Waals surface area contributed by atoms with Gasteiger partial charge in [-0.3, -0.25) is 0 Å². The van der Waals surface area contributed by atoms with Gasteiger partial charge in [0, 0.05) is 32.9 Å². The number of rotatable bonds is 3. The first-order valence-electron chi connectivity index (χ1n) is 7.58. The van der Waals surface area contributed by atoms with Gasteiger partial charge in [0.05, 0.1) is 17.3 Å². The minimum Gasteiger partial charge on any atom is -0.374 e. The van der Waals surface area contributed by atoms with Crippen LogP contribution in [0.25, 0.3) is 0 Å². The fraction of sp³-hybridized carbons (Fsp3) is 0.222. The second-order valence-corrected chi connectivity index (χ2v) is 7.34. The number of hydrogen-bond acceptors (Lipinski definition) is 3. The number of nitrogens with zero attached hydrogens (tertiary/aromatic N) is 2. The molecular formula is C18H10BrCl2F3N2O. The van der Waals surface area contributed by atoms with Crippen molar-refractivity contribution in [1.82, 2.24) is 0 Å². The van der Waals surface area contributed by atoms with E-state index in [1.54, 1.807) is 12.1 Å². The SMILES string of the molecule is N#Cc1cc(C2=NOC(c3cc(Cl)cc(Cl)c3)(C(F)(F)F)C2)ccc1CBr. The van der Waals surface area contributed by atoms with Gasteiger partial charge in [-0.05, 0) is 29.8 Å². The minimum absolute atomic E-state index is 0.0617. The third-order valence-corrected chi connectivity index (χ3v) is 5.26. The van der Waals surface area contributed by atoms with Crippen LogP contribution >= 0.6 is 39.1 Å². The van der Waals surface area contributed by atoms with E-state index in [1.165, 1.54) is 12.1 Å². The van der Waals surface area contributed by atoms with Gasteiger partial charge in [-0.15, -0.1) is 0 Å². The summed E-state index contributed by atoms with van der Waals surface area (Å²) in [4.78, 5) is 4.95. The standard InChI is InChI=1S/C18H10BrCl2F3N2O/c19-8-11-2-1-10(3-12(11)9-25)16-7-17(27-26-16,18(22,23)24)13-4-14(20)6-15(21)5-13/h1-6H,7-8H2. The molecule has 1 aliphatic rings. The summed E-state index contributed by atoms with van der Waals surface area (Å²) in [6.45, 7) is 0. The van der Waals surface area contributed by atoms with E-state index in [4.69, 9.17) is 28.0 Å². The lowest BCUT2D eigenvalue weighted by molar-refractivity contribution is -0.275. The molecule has 140 valence electrons. The fourth-order valence-electron chi connectivity index (χ4n) is 2.82. The van der Waals surface area contributed by atoms with Crippen LogP contribution in [0.1, 0.15) is 28.7 Å². The molecule has 0 saturated heterocycles. The van der Waals surface area contributed by atoms with Gasteiger partial charge >= 0.3 is 6.18 Å². The van der Waals surface area contributed by atoms with Crippen molar-refractivity contribution in [3.8, 4) is 6.07 Å². The van der Waals surface area contributed by atoms with Gasteiger partial charge in [-0.25, -0.2) is 0 Å². The minimum atomic E-state index is -4.76. The molecule has 0 spiro atoms. The lowest BCUT2D eigenvalue weighted by Gasteiger charge is -2.29. The molecule has 0 amide bonds. The van der Waals surface area contributed by atoms with Crippen molar-refractivity contribution in [2.75, 3.05) is 0 Å². The second kappa shape index (κ2) is 7.34. The maximum absolute atomic E-state index is 14.0. The Morgan fingerprint density at radius 3 is 2.41 bits per heavy atom. The second-order valence-electron chi connectivity index (χ2n) is 5.91. The smallest absolute Gasteiger partial charge is 0.374 e. The van der Waals surface area contributed by atoms with Gasteiger partial charge in [-0.1, -0.05) is 56.4 Å². The van der Waals surface area contributed by atoms with Crippen LogP contribution in [0, 0.1) is 11.3 Å². The van der Waals surface area contributed by atoms with Crippen LogP contribution in [0.5, 0.6) is 0 Å². The van der Waals surface area contributed by atoms with Crippen molar-refractivity contribution in [2.24, 2.45) is 5.16 Å². The number of benzene rings is 2. The van der Waals surface area contributed by atoms with Crippen LogP contribution in [0.3, 0.4) is 0 Å². The summed E-state index contributed by atoms with van der Waals surface area (Å²) in [5.41, 5.74) is -1.38. The molecule has 0 saturated carbocycles. The highest BCUT2D eigenvalue weighted by atomic mass is 79.9. The Balaban J connectivity index is 2.04. The van der Waals surface area contributed by atoms with Gasteiger partial charge in [-0.2, -0.15) is 18.4 Å². The average Bonchev–Trinajstić information content (AvgIpc) is 3.07. The molecule has 3 nitrogen and oxygen atoms in total. The van der Waals surface area contributed by atoms with E-state index >= 15 is 0 Å². The first-order chi connectivity index (χ1) is 12.7. The predicted octanol–water partition coefficient (Wildman–Crippen LogP) is 6.34. The lowest BCUT2D eigenvalue weighted by atomic mass is 9.86. The Labute approximate surface area is 171 Å². The van der Waals surface area contributed by atoms with Crippen LogP contribution < -0.4 is 0 Å². The zero-order valence-electron chi connectivity index (χ0n) is 13.4. The lowest BCUT2D eigenvalue weighted by Crippen LogP contribution is -2.42. The molecule has 1 aliphatic heterocycles. The predicted molar refractivity (Wildman–Crippen MR) is 100 cm³/mol. The maximum atomic E-state index is 14.0. The van der Waals surface area contributed by atoms with Crippen molar-refractivity contribution >= 4 is 44.8 Å². The van der Waals surface area contributed by atoms with Crippen LogP contribution in [-0.2, 0) is 15.8 Å². The Morgan fingerprint density at radius 2 is 1.85 bits per heavy atom. The molecule has 0 fully saturated rings. The summed E-state index contributed by atoms with van der Waals surface area (Å²) in [7, 11) is 0. The van der Waals surface area contributed by atoms with Crippen LogP contribution in [-0.4, -0.2) is 11.9 Å². The highest BCUT2D eigenvalue weighted by molar-refractivity contribution is 9.08. The number of alkyl halides is 4. The van der Waals surface area contributed by atoms with E-state index in [0.717, 1.165) is 17.7 Å². The number of halogens is 6. The highest BCUT2D eigenvalue weighted by Gasteiger charge is 2.62. The number of oxime groups is 1. The molecule has 27 heavy (non-hydrogen) atoms. The van der Waals surface area contributed by atoms with Crippen molar-refractivity contribution in [2.45, 2.75) is 23.5 Å². The van der Waals surface area contributed by atoms with E-state index in [2.05, 4.69) is 21.1 Å². The topological polar surface area (TPSA) is 45.4 Å². The van der Waals surface area contributed by atoms with Gasteiger partial charge in [0.25, 0.3) is 5.60 Å². The molecule has 3 rings (SSSR count). The van der Waals surface area contributed by atoms with Gasteiger partial charge in [0.2, 0.25) is 0 Å². The Kier molecular flexibility index (Phi) is 5.44. The van der Waals surface area contributed by atoms with E-state index in [1.807, 2.05) is 6.07 Å². The summed E-state index contributed by atoms with van der Waals surface area (Å²) < 4.78 is 41.9. The average molecular weight is 478 g/mol. The molecule has 1 atom stereocenters. The first-order valence-corrected chi connectivity index (χ1v) is 9.45. The molecule has 0 radical (unpaired) electrons. The molecule has 1 unspecified atom stereocenters. The fourth-order valence-corrected chi connectivity index (χ4v) is 3.84. The molecule has 1 heterocycles. The third-order valence-electron chi connectivity index (χ3n) is 4.22. The summed E-state index contributed by atoms with van der Waals surface area (Å²) in [6.07, 6.45) is -5.33. The number of hydrogen-bond donors (Lipinski definition) is 0.